The van der Waals surface area contributed by atoms with Crippen LogP contribution in [0.2, 0.25) is 0 Å². The number of hydrogen-bond acceptors (Lipinski definition) is 1. The molecule has 17 heavy (non-hydrogen) atoms. The Bertz CT molecular complexity index is 493. The lowest BCUT2D eigenvalue weighted by atomic mass is 10.2. The number of aromatic nitrogens is 2. The van der Waals surface area contributed by atoms with E-state index in [4.69, 9.17) is 4.74 Å². The van der Waals surface area contributed by atoms with E-state index in [-0.39, 0.29) is 24.0 Å². The van der Waals surface area contributed by atoms with Gasteiger partial charge in [0.05, 0.1) is 13.2 Å². The highest BCUT2D eigenvalue weighted by Gasteiger charge is 2.13. The van der Waals surface area contributed by atoms with Gasteiger partial charge in [-0.3, -0.25) is 0 Å². The van der Waals surface area contributed by atoms with Crippen molar-refractivity contribution in [2.45, 2.75) is 26.9 Å². The molecule has 0 aliphatic heterocycles. The van der Waals surface area contributed by atoms with Crippen molar-refractivity contribution in [2.24, 2.45) is 0 Å². The Morgan fingerprint density at radius 2 is 2.12 bits per heavy atom. The second-order valence-corrected chi connectivity index (χ2v) is 4.08. The van der Waals surface area contributed by atoms with Crippen molar-refractivity contribution in [1.29, 1.82) is 0 Å². The number of ether oxygens (including phenoxy) is 1. The highest BCUT2D eigenvalue weighted by atomic mass is 127. The third kappa shape index (κ3) is 2.98. The van der Waals surface area contributed by atoms with E-state index in [9.17, 15) is 0 Å². The Morgan fingerprint density at radius 1 is 1.35 bits per heavy atom. The van der Waals surface area contributed by atoms with Crippen molar-refractivity contribution in [2.75, 3.05) is 13.7 Å². The fourth-order valence-corrected chi connectivity index (χ4v) is 2.02. The largest absolute Gasteiger partial charge is 1.00 e. The van der Waals surface area contributed by atoms with Gasteiger partial charge in [-0.2, -0.15) is 0 Å². The van der Waals surface area contributed by atoms with Gasteiger partial charge in [-0.1, -0.05) is 6.07 Å². The Labute approximate surface area is 119 Å². The van der Waals surface area contributed by atoms with E-state index in [0.717, 1.165) is 19.7 Å². The molecule has 3 nitrogen and oxygen atoms in total. The molecular formula is C13H19IN2O. The summed E-state index contributed by atoms with van der Waals surface area (Å²) in [6, 6.07) is 6.58. The van der Waals surface area contributed by atoms with Crippen LogP contribution in [-0.2, 0) is 17.8 Å². The van der Waals surface area contributed by atoms with E-state index in [0.29, 0.717) is 0 Å². The molecule has 0 unspecified atom stereocenters. The molecule has 0 N–H and O–H groups in total. The summed E-state index contributed by atoms with van der Waals surface area (Å²) < 4.78 is 9.66. The van der Waals surface area contributed by atoms with Crippen LogP contribution in [0.3, 0.4) is 0 Å². The van der Waals surface area contributed by atoms with Crippen LogP contribution in [0.1, 0.15) is 12.5 Å². The van der Waals surface area contributed by atoms with Gasteiger partial charge < -0.3 is 28.7 Å². The van der Waals surface area contributed by atoms with Crippen molar-refractivity contribution >= 4 is 11.0 Å². The lowest BCUT2D eigenvalue weighted by Crippen LogP contribution is -3.00. The number of benzene rings is 1. The van der Waals surface area contributed by atoms with E-state index in [1.165, 1.54) is 16.6 Å². The van der Waals surface area contributed by atoms with Gasteiger partial charge in [-0.25, -0.2) is 9.13 Å². The maximum absolute atomic E-state index is 5.13. The highest BCUT2D eigenvalue weighted by molar-refractivity contribution is 5.72. The predicted molar refractivity (Wildman–Crippen MR) is 64.4 cm³/mol. The molecule has 2 rings (SSSR count). The highest BCUT2D eigenvalue weighted by Crippen LogP contribution is 2.13. The topological polar surface area (TPSA) is 18.0 Å². The van der Waals surface area contributed by atoms with Gasteiger partial charge in [0.2, 0.25) is 6.33 Å². The van der Waals surface area contributed by atoms with E-state index < -0.39 is 0 Å². The molecule has 0 fully saturated rings. The minimum Gasteiger partial charge on any atom is -1.00 e. The quantitative estimate of drug-likeness (QED) is 0.508. The van der Waals surface area contributed by atoms with Gasteiger partial charge in [-0.05, 0) is 31.5 Å². The number of hydrogen-bond donors (Lipinski definition) is 0. The average molecular weight is 346 g/mol. The third-order valence-corrected chi connectivity index (χ3v) is 2.91. The zero-order valence-corrected chi connectivity index (χ0v) is 12.8. The van der Waals surface area contributed by atoms with Crippen molar-refractivity contribution in [3.63, 3.8) is 0 Å². The molecule has 0 bridgehead atoms. The normalized spacial score (nSPS) is 10.5. The zero-order valence-electron chi connectivity index (χ0n) is 10.6. The molecular weight excluding hydrogens is 327 g/mol. The van der Waals surface area contributed by atoms with E-state index in [1.54, 1.807) is 7.11 Å². The molecule has 0 atom stereocenters. The monoisotopic (exact) mass is 346 g/mol. The summed E-state index contributed by atoms with van der Waals surface area (Å²) in [6.45, 7) is 6.96. The number of fused-ring (bicyclic) bond motifs is 1. The summed E-state index contributed by atoms with van der Waals surface area (Å²) in [7, 11) is 1.74. The first kappa shape index (κ1) is 14.4. The Balaban J connectivity index is 0.00000144. The Kier molecular flexibility index (Phi) is 5.39. The first-order valence-electron chi connectivity index (χ1n) is 5.74. The second-order valence-electron chi connectivity index (χ2n) is 4.08. The van der Waals surface area contributed by atoms with Gasteiger partial charge in [0.15, 0.2) is 11.0 Å². The Hall–Kier alpha value is -0.620. The van der Waals surface area contributed by atoms with E-state index in [2.05, 4.69) is 47.5 Å². The summed E-state index contributed by atoms with van der Waals surface area (Å²) in [5.41, 5.74) is 3.89. The summed E-state index contributed by atoms with van der Waals surface area (Å²) in [5, 5.41) is 0. The maximum Gasteiger partial charge on any atom is 0.244 e. The first-order chi connectivity index (χ1) is 7.76. The molecule has 0 radical (unpaired) electrons. The fourth-order valence-electron chi connectivity index (χ4n) is 2.02. The third-order valence-electron chi connectivity index (χ3n) is 2.91. The number of methoxy groups -OCH3 is 1. The SMILES string of the molecule is CCn1c[n+](CCOC)c2ccc(C)cc21.[I-]. The number of aryl methyl sites for hydroxylation is 2. The lowest BCUT2D eigenvalue weighted by molar-refractivity contribution is -0.673. The van der Waals surface area contributed by atoms with Crippen LogP contribution in [0.15, 0.2) is 24.5 Å². The van der Waals surface area contributed by atoms with Crippen molar-refractivity contribution in [3.05, 3.63) is 30.1 Å². The smallest absolute Gasteiger partial charge is 0.244 e. The molecule has 4 heteroatoms. The molecule has 1 aromatic carbocycles. The van der Waals surface area contributed by atoms with Crippen molar-refractivity contribution < 1.29 is 33.3 Å². The lowest BCUT2D eigenvalue weighted by Gasteiger charge is -1.96. The minimum atomic E-state index is 0. The van der Waals surface area contributed by atoms with Gasteiger partial charge in [-0.15, -0.1) is 0 Å². The molecule has 0 aliphatic carbocycles. The van der Waals surface area contributed by atoms with Gasteiger partial charge in [0.1, 0.15) is 6.54 Å². The molecule has 94 valence electrons. The first-order valence-corrected chi connectivity index (χ1v) is 5.74. The maximum atomic E-state index is 5.13. The van der Waals surface area contributed by atoms with Gasteiger partial charge in [0.25, 0.3) is 0 Å². The number of imidazole rings is 1. The molecule has 0 saturated heterocycles. The van der Waals surface area contributed by atoms with Crippen LogP contribution in [0.4, 0.5) is 0 Å². The van der Waals surface area contributed by atoms with E-state index in [1.807, 2.05) is 0 Å². The van der Waals surface area contributed by atoms with Gasteiger partial charge in [0, 0.05) is 7.11 Å². The molecule has 0 saturated carbocycles. The number of nitrogens with zero attached hydrogens (tertiary/aromatic N) is 2. The van der Waals surface area contributed by atoms with Crippen LogP contribution in [0, 0.1) is 6.92 Å². The summed E-state index contributed by atoms with van der Waals surface area (Å²) in [5.74, 6) is 0. The molecule has 0 aliphatic rings. The van der Waals surface area contributed by atoms with Crippen LogP contribution < -0.4 is 28.5 Å². The van der Waals surface area contributed by atoms with Crippen LogP contribution in [0.5, 0.6) is 0 Å². The Morgan fingerprint density at radius 3 is 2.76 bits per heavy atom. The average Bonchev–Trinajstić information content (AvgIpc) is 2.63. The van der Waals surface area contributed by atoms with Crippen LogP contribution in [0.25, 0.3) is 11.0 Å². The fraction of sp³-hybridized carbons (Fsp3) is 0.462. The molecule has 0 spiro atoms. The molecule has 1 aromatic heterocycles. The molecule has 1 heterocycles. The van der Waals surface area contributed by atoms with E-state index >= 15 is 0 Å². The molecule has 2 aromatic rings. The van der Waals surface area contributed by atoms with Crippen molar-refractivity contribution in [3.8, 4) is 0 Å². The molecule has 0 amide bonds. The zero-order chi connectivity index (χ0) is 11.5. The summed E-state index contributed by atoms with van der Waals surface area (Å²) in [4.78, 5) is 0. The number of rotatable bonds is 4. The second kappa shape index (κ2) is 6.35. The number of halogens is 1. The van der Waals surface area contributed by atoms with Crippen LogP contribution in [-0.4, -0.2) is 18.3 Å². The predicted octanol–water partition coefficient (Wildman–Crippen LogP) is -1.09. The summed E-state index contributed by atoms with van der Waals surface area (Å²) in [6.07, 6.45) is 2.17. The summed E-state index contributed by atoms with van der Waals surface area (Å²) >= 11 is 0. The minimum absolute atomic E-state index is 0. The van der Waals surface area contributed by atoms with Gasteiger partial charge >= 0.3 is 0 Å². The van der Waals surface area contributed by atoms with Crippen molar-refractivity contribution in [1.82, 2.24) is 4.57 Å². The standard InChI is InChI=1S/C13H19N2O.HI/c1-4-14-10-15(7-8-16-3)12-6-5-11(2)9-13(12)14;/h5-6,9-10H,4,7-8H2,1-3H3;1H/q+1;/p-1. The van der Waals surface area contributed by atoms with Crippen LogP contribution >= 0.6 is 0 Å².